The number of carbonyl (C=O) groups is 2. The molecule has 0 spiro atoms. The quantitative estimate of drug-likeness (QED) is 0.154. The first-order valence-corrected chi connectivity index (χ1v) is 11.1. The minimum atomic E-state index is -0.299. The van der Waals surface area contributed by atoms with Crippen molar-refractivity contribution < 1.29 is 19.1 Å². The van der Waals surface area contributed by atoms with E-state index in [0.29, 0.717) is 6.42 Å². The number of hydrogen-bond acceptors (Lipinski definition) is 4. The number of ether oxygens (including phenoxy) is 2. The Labute approximate surface area is 167 Å². The van der Waals surface area contributed by atoms with Gasteiger partial charge in [-0.3, -0.25) is 4.79 Å². The topological polar surface area (TPSA) is 52.6 Å². The van der Waals surface area contributed by atoms with Crippen LogP contribution in [0.2, 0.25) is 0 Å². The van der Waals surface area contributed by atoms with E-state index in [2.05, 4.69) is 11.7 Å². The summed E-state index contributed by atoms with van der Waals surface area (Å²) in [5, 5.41) is 0. The predicted octanol–water partition coefficient (Wildman–Crippen LogP) is 6.52. The first-order chi connectivity index (χ1) is 13.1. The Kier molecular flexibility index (Phi) is 18.5. The molecule has 4 heteroatoms. The van der Waals surface area contributed by atoms with Crippen LogP contribution in [-0.4, -0.2) is 25.2 Å². The highest BCUT2D eigenvalue weighted by atomic mass is 16.5. The Morgan fingerprint density at radius 2 is 1.41 bits per heavy atom. The fourth-order valence-corrected chi connectivity index (χ4v) is 3.10. The molecule has 0 aliphatic rings. The van der Waals surface area contributed by atoms with Crippen molar-refractivity contribution in [3.8, 4) is 0 Å². The molecule has 0 aliphatic heterocycles. The Hall–Kier alpha value is -1.32. The van der Waals surface area contributed by atoms with E-state index in [0.717, 1.165) is 51.4 Å². The lowest BCUT2D eigenvalue weighted by molar-refractivity contribution is -0.150. The van der Waals surface area contributed by atoms with E-state index in [-0.39, 0.29) is 18.0 Å². The van der Waals surface area contributed by atoms with Gasteiger partial charge in [0.15, 0.2) is 0 Å². The Morgan fingerprint density at radius 1 is 0.815 bits per heavy atom. The first kappa shape index (κ1) is 25.7. The third kappa shape index (κ3) is 17.8. The SMILES string of the molecule is CCCCCCCCCC(CCCCCC=CC(=O)OC)OC(=O)CCC. The molecule has 0 heterocycles. The number of carbonyl (C=O) groups excluding carboxylic acids is 2. The minimum Gasteiger partial charge on any atom is -0.466 e. The van der Waals surface area contributed by atoms with Crippen molar-refractivity contribution in [2.24, 2.45) is 0 Å². The van der Waals surface area contributed by atoms with E-state index in [1.54, 1.807) is 0 Å². The largest absolute Gasteiger partial charge is 0.466 e. The summed E-state index contributed by atoms with van der Waals surface area (Å²) in [5.41, 5.74) is 0. The zero-order chi connectivity index (χ0) is 20.2. The lowest BCUT2D eigenvalue weighted by Gasteiger charge is -2.18. The fraction of sp³-hybridized carbons (Fsp3) is 0.826. The zero-order valence-corrected chi connectivity index (χ0v) is 18.0. The van der Waals surface area contributed by atoms with E-state index in [4.69, 9.17) is 4.74 Å². The van der Waals surface area contributed by atoms with Crippen LogP contribution in [0.4, 0.5) is 0 Å². The van der Waals surface area contributed by atoms with Gasteiger partial charge in [0, 0.05) is 12.5 Å². The van der Waals surface area contributed by atoms with Gasteiger partial charge in [0.1, 0.15) is 6.10 Å². The lowest BCUT2D eigenvalue weighted by atomic mass is 10.0. The highest BCUT2D eigenvalue weighted by molar-refractivity contribution is 5.81. The van der Waals surface area contributed by atoms with E-state index in [1.165, 1.54) is 51.7 Å². The molecule has 4 nitrogen and oxygen atoms in total. The van der Waals surface area contributed by atoms with Gasteiger partial charge < -0.3 is 9.47 Å². The molecular formula is C23H42O4. The monoisotopic (exact) mass is 382 g/mol. The molecule has 27 heavy (non-hydrogen) atoms. The van der Waals surface area contributed by atoms with Gasteiger partial charge in [-0.15, -0.1) is 0 Å². The predicted molar refractivity (Wildman–Crippen MR) is 112 cm³/mol. The van der Waals surface area contributed by atoms with Gasteiger partial charge in [0.25, 0.3) is 0 Å². The summed E-state index contributed by atoms with van der Waals surface area (Å²) >= 11 is 0. The summed E-state index contributed by atoms with van der Waals surface area (Å²) in [7, 11) is 1.39. The average Bonchev–Trinajstić information content (AvgIpc) is 2.66. The second-order valence-electron chi connectivity index (χ2n) is 7.34. The highest BCUT2D eigenvalue weighted by Crippen LogP contribution is 2.17. The number of esters is 2. The summed E-state index contributed by atoms with van der Waals surface area (Å²) in [6.45, 7) is 4.25. The normalized spacial score (nSPS) is 12.3. The van der Waals surface area contributed by atoms with Crippen LogP contribution < -0.4 is 0 Å². The molecule has 0 rings (SSSR count). The van der Waals surface area contributed by atoms with Crippen molar-refractivity contribution in [2.75, 3.05) is 7.11 Å². The smallest absolute Gasteiger partial charge is 0.330 e. The van der Waals surface area contributed by atoms with Gasteiger partial charge in [-0.1, -0.05) is 64.9 Å². The molecule has 0 aromatic heterocycles. The standard InChI is InChI=1S/C23H42O4/c1-4-6-7-8-9-11-14-18-21(27-23(25)17-5-2)19-15-12-10-13-16-20-22(24)26-3/h16,20-21H,4-15,17-19H2,1-3H3. The fourth-order valence-electron chi connectivity index (χ4n) is 3.10. The molecule has 0 N–H and O–H groups in total. The third-order valence-corrected chi connectivity index (χ3v) is 4.73. The van der Waals surface area contributed by atoms with Crippen LogP contribution in [0.15, 0.2) is 12.2 Å². The van der Waals surface area contributed by atoms with Gasteiger partial charge in [-0.25, -0.2) is 4.79 Å². The Morgan fingerprint density at radius 3 is 2.00 bits per heavy atom. The maximum Gasteiger partial charge on any atom is 0.330 e. The van der Waals surface area contributed by atoms with Crippen LogP contribution in [0, 0.1) is 0 Å². The molecule has 0 bridgehead atoms. The summed E-state index contributed by atoms with van der Waals surface area (Å²) in [6.07, 6.45) is 19.8. The van der Waals surface area contributed by atoms with E-state index >= 15 is 0 Å². The summed E-state index contributed by atoms with van der Waals surface area (Å²) < 4.78 is 10.3. The Balaban J connectivity index is 3.96. The molecule has 0 amide bonds. The molecule has 0 fully saturated rings. The molecule has 0 saturated heterocycles. The highest BCUT2D eigenvalue weighted by Gasteiger charge is 2.13. The molecule has 0 aromatic carbocycles. The number of methoxy groups -OCH3 is 1. The van der Waals surface area contributed by atoms with Crippen molar-refractivity contribution in [1.29, 1.82) is 0 Å². The zero-order valence-electron chi connectivity index (χ0n) is 18.0. The van der Waals surface area contributed by atoms with Crippen LogP contribution in [0.5, 0.6) is 0 Å². The molecule has 1 atom stereocenters. The maximum absolute atomic E-state index is 11.9. The van der Waals surface area contributed by atoms with Crippen LogP contribution in [0.25, 0.3) is 0 Å². The van der Waals surface area contributed by atoms with Gasteiger partial charge >= 0.3 is 11.9 Å². The van der Waals surface area contributed by atoms with Crippen LogP contribution >= 0.6 is 0 Å². The van der Waals surface area contributed by atoms with Gasteiger partial charge in [-0.05, 0) is 44.9 Å². The van der Waals surface area contributed by atoms with Crippen LogP contribution in [-0.2, 0) is 19.1 Å². The summed E-state index contributed by atoms with van der Waals surface area (Å²) in [5.74, 6) is -0.348. The number of unbranched alkanes of at least 4 members (excludes halogenated alkanes) is 9. The van der Waals surface area contributed by atoms with Crippen molar-refractivity contribution >= 4 is 11.9 Å². The molecule has 158 valence electrons. The van der Waals surface area contributed by atoms with Crippen molar-refractivity contribution in [1.82, 2.24) is 0 Å². The number of allylic oxidation sites excluding steroid dienone is 1. The lowest BCUT2D eigenvalue weighted by Crippen LogP contribution is -2.18. The van der Waals surface area contributed by atoms with Gasteiger partial charge in [-0.2, -0.15) is 0 Å². The molecule has 0 radical (unpaired) electrons. The van der Waals surface area contributed by atoms with E-state index in [1.807, 2.05) is 13.0 Å². The van der Waals surface area contributed by atoms with Gasteiger partial charge in [0.2, 0.25) is 0 Å². The minimum absolute atomic E-state index is 0.0496. The second kappa shape index (κ2) is 19.4. The summed E-state index contributed by atoms with van der Waals surface area (Å²) in [6, 6.07) is 0. The molecule has 0 saturated carbocycles. The van der Waals surface area contributed by atoms with Gasteiger partial charge in [0.05, 0.1) is 7.11 Å². The molecule has 1 unspecified atom stereocenters. The number of hydrogen-bond donors (Lipinski definition) is 0. The van der Waals surface area contributed by atoms with Crippen molar-refractivity contribution in [3.63, 3.8) is 0 Å². The molecule has 0 aliphatic carbocycles. The van der Waals surface area contributed by atoms with Crippen LogP contribution in [0.3, 0.4) is 0 Å². The first-order valence-electron chi connectivity index (χ1n) is 11.1. The summed E-state index contributed by atoms with van der Waals surface area (Å²) in [4.78, 5) is 22.8. The van der Waals surface area contributed by atoms with Crippen molar-refractivity contribution in [3.05, 3.63) is 12.2 Å². The van der Waals surface area contributed by atoms with E-state index in [9.17, 15) is 9.59 Å². The molecule has 0 aromatic rings. The van der Waals surface area contributed by atoms with Crippen molar-refractivity contribution in [2.45, 2.75) is 116 Å². The maximum atomic E-state index is 11.9. The molecular weight excluding hydrogens is 340 g/mol. The second-order valence-corrected chi connectivity index (χ2v) is 7.34. The average molecular weight is 383 g/mol. The third-order valence-electron chi connectivity index (χ3n) is 4.73. The Bertz CT molecular complexity index is 390. The van der Waals surface area contributed by atoms with Crippen LogP contribution in [0.1, 0.15) is 110 Å². The van der Waals surface area contributed by atoms with E-state index < -0.39 is 0 Å². The number of rotatable bonds is 18.